The lowest BCUT2D eigenvalue weighted by Gasteiger charge is -1.92. The van der Waals surface area contributed by atoms with Gasteiger partial charge in [0.2, 0.25) is 5.24 Å². The first-order valence-corrected chi connectivity index (χ1v) is 8.28. The van der Waals surface area contributed by atoms with E-state index in [1.807, 2.05) is 0 Å². The van der Waals surface area contributed by atoms with Gasteiger partial charge in [0.1, 0.15) is 0 Å². The fraction of sp³-hybridized carbons (Fsp3) is 0.611. The van der Waals surface area contributed by atoms with Gasteiger partial charge in [-0.05, 0) is 56.5 Å². The van der Waals surface area contributed by atoms with Crippen LogP contribution in [0.2, 0.25) is 0 Å². The molecule has 0 bridgehead atoms. The van der Waals surface area contributed by atoms with Crippen LogP contribution in [-0.2, 0) is 4.79 Å². The molecule has 0 aliphatic rings. The molecule has 0 radical (unpaired) electrons. The summed E-state index contributed by atoms with van der Waals surface area (Å²) in [5.41, 5.74) is 0. The van der Waals surface area contributed by atoms with Gasteiger partial charge in [-0.2, -0.15) is 0 Å². The van der Waals surface area contributed by atoms with Gasteiger partial charge in [-0.15, -0.1) is 0 Å². The highest BCUT2D eigenvalue weighted by molar-refractivity contribution is 6.63. The molecule has 0 spiro atoms. The van der Waals surface area contributed by atoms with Crippen molar-refractivity contribution in [3.63, 3.8) is 0 Å². The predicted molar refractivity (Wildman–Crippen MR) is 90.1 cm³/mol. The summed E-state index contributed by atoms with van der Waals surface area (Å²) in [5.74, 6) is 0. The lowest BCUT2D eigenvalue weighted by atomic mass is 10.2. The summed E-state index contributed by atoms with van der Waals surface area (Å²) < 4.78 is 0. The molecule has 0 fully saturated rings. The van der Waals surface area contributed by atoms with E-state index in [1.54, 1.807) is 0 Å². The Kier molecular flexibility index (Phi) is 15.6. The predicted octanol–water partition coefficient (Wildman–Crippen LogP) is 6.34. The molecule has 1 nitrogen and oxygen atoms in total. The Hall–Kier alpha value is -0.820. The maximum absolute atomic E-state index is 10.5. The lowest BCUT2D eigenvalue weighted by molar-refractivity contribution is -0.111. The average Bonchev–Trinajstić information content (AvgIpc) is 2.43. The first-order valence-electron chi connectivity index (χ1n) is 7.90. The van der Waals surface area contributed by atoms with Gasteiger partial charge in [-0.25, -0.2) is 0 Å². The Morgan fingerprint density at radius 3 is 1.80 bits per heavy atom. The van der Waals surface area contributed by atoms with Crippen LogP contribution in [0.1, 0.15) is 71.1 Å². The van der Waals surface area contributed by atoms with Crippen LogP contribution >= 0.6 is 11.6 Å². The Morgan fingerprint density at radius 2 is 1.30 bits per heavy atom. The molecule has 0 aromatic rings. The van der Waals surface area contributed by atoms with Gasteiger partial charge in [0.25, 0.3) is 0 Å². The third-order valence-corrected chi connectivity index (χ3v) is 3.20. The maximum atomic E-state index is 10.5. The smallest absolute Gasteiger partial charge is 0.221 e. The molecule has 0 aromatic carbocycles. The standard InChI is InChI=1S/C18H29ClO/c1-2-3-4-5-6-7-8-9-10-11-12-13-14-15-16-17-18(19)20/h6-7,9-10,12-13H,2-5,8,11,14-17H2,1H3/b7-6-,10-9-,13-12-. The van der Waals surface area contributed by atoms with Gasteiger partial charge >= 0.3 is 0 Å². The zero-order valence-electron chi connectivity index (χ0n) is 12.8. The molecule has 0 aliphatic heterocycles. The number of carbonyl (C=O) groups is 1. The van der Waals surface area contributed by atoms with Crippen LogP contribution < -0.4 is 0 Å². The monoisotopic (exact) mass is 296 g/mol. The van der Waals surface area contributed by atoms with Crippen molar-refractivity contribution in [3.05, 3.63) is 36.5 Å². The van der Waals surface area contributed by atoms with Crippen molar-refractivity contribution in [1.29, 1.82) is 0 Å². The van der Waals surface area contributed by atoms with Gasteiger partial charge in [0.15, 0.2) is 0 Å². The fourth-order valence-corrected chi connectivity index (χ4v) is 1.95. The summed E-state index contributed by atoms with van der Waals surface area (Å²) in [6.45, 7) is 2.23. The molecule has 0 atom stereocenters. The quantitative estimate of drug-likeness (QED) is 0.220. The van der Waals surface area contributed by atoms with Gasteiger partial charge in [-0.1, -0.05) is 56.2 Å². The Labute approximate surface area is 129 Å². The number of rotatable bonds is 13. The average molecular weight is 297 g/mol. The first kappa shape index (κ1) is 19.2. The normalized spacial score (nSPS) is 12.1. The molecule has 0 unspecified atom stereocenters. The molecular weight excluding hydrogens is 268 g/mol. The molecule has 0 rings (SSSR count). The van der Waals surface area contributed by atoms with Crippen LogP contribution in [0.5, 0.6) is 0 Å². The molecule has 0 aliphatic carbocycles. The summed E-state index contributed by atoms with van der Waals surface area (Å²) in [7, 11) is 0. The lowest BCUT2D eigenvalue weighted by Crippen LogP contribution is -1.84. The molecule has 0 aromatic heterocycles. The van der Waals surface area contributed by atoms with Crippen molar-refractivity contribution in [2.45, 2.75) is 71.1 Å². The number of carbonyl (C=O) groups excluding carboxylic acids is 1. The third-order valence-electron chi connectivity index (χ3n) is 3.01. The zero-order chi connectivity index (χ0) is 14.9. The zero-order valence-corrected chi connectivity index (χ0v) is 13.6. The Balaban J connectivity index is 3.32. The molecule has 0 N–H and O–H groups in total. The molecule has 0 saturated carbocycles. The minimum atomic E-state index is -0.223. The third kappa shape index (κ3) is 17.2. The van der Waals surface area contributed by atoms with Crippen LogP contribution in [0.4, 0.5) is 0 Å². The van der Waals surface area contributed by atoms with Crippen LogP contribution in [-0.4, -0.2) is 5.24 Å². The molecule has 114 valence electrons. The van der Waals surface area contributed by atoms with E-state index in [0.29, 0.717) is 6.42 Å². The topological polar surface area (TPSA) is 17.1 Å². The van der Waals surface area contributed by atoms with E-state index in [1.165, 1.54) is 25.7 Å². The van der Waals surface area contributed by atoms with Gasteiger partial charge in [-0.3, -0.25) is 4.79 Å². The van der Waals surface area contributed by atoms with Crippen molar-refractivity contribution < 1.29 is 4.79 Å². The van der Waals surface area contributed by atoms with Crippen molar-refractivity contribution in [3.8, 4) is 0 Å². The Morgan fingerprint density at radius 1 is 0.800 bits per heavy atom. The first-order chi connectivity index (χ1) is 9.77. The highest BCUT2D eigenvalue weighted by atomic mass is 35.5. The summed E-state index contributed by atoms with van der Waals surface area (Å²) in [6.07, 6.45) is 24.0. The second-order valence-electron chi connectivity index (χ2n) is 4.98. The van der Waals surface area contributed by atoms with E-state index < -0.39 is 0 Å². The molecular formula is C18H29ClO. The van der Waals surface area contributed by atoms with Gasteiger partial charge in [0.05, 0.1) is 0 Å². The van der Waals surface area contributed by atoms with E-state index in [0.717, 1.165) is 32.1 Å². The molecule has 0 heterocycles. The minimum absolute atomic E-state index is 0.223. The minimum Gasteiger partial charge on any atom is -0.281 e. The van der Waals surface area contributed by atoms with Crippen LogP contribution in [0.3, 0.4) is 0 Å². The molecule has 20 heavy (non-hydrogen) atoms. The second-order valence-corrected chi connectivity index (χ2v) is 5.40. The summed E-state index contributed by atoms with van der Waals surface area (Å²) in [6, 6.07) is 0. The SMILES string of the molecule is CCCCC/C=C\C/C=C\C/C=C\CCCCC(=O)Cl. The number of halogens is 1. The molecule has 0 saturated heterocycles. The summed E-state index contributed by atoms with van der Waals surface area (Å²) >= 11 is 5.26. The largest absolute Gasteiger partial charge is 0.281 e. The van der Waals surface area contributed by atoms with E-state index in [-0.39, 0.29) is 5.24 Å². The highest BCUT2D eigenvalue weighted by Gasteiger charge is 1.93. The fourth-order valence-electron chi connectivity index (χ4n) is 1.82. The number of hydrogen-bond donors (Lipinski definition) is 0. The van der Waals surface area contributed by atoms with E-state index >= 15 is 0 Å². The van der Waals surface area contributed by atoms with E-state index in [9.17, 15) is 4.79 Å². The highest BCUT2D eigenvalue weighted by Crippen LogP contribution is 2.04. The Bertz CT molecular complexity index is 303. The van der Waals surface area contributed by atoms with E-state index in [2.05, 4.69) is 43.4 Å². The number of hydrogen-bond acceptors (Lipinski definition) is 1. The second kappa shape index (κ2) is 16.2. The van der Waals surface area contributed by atoms with Crippen LogP contribution in [0.25, 0.3) is 0 Å². The van der Waals surface area contributed by atoms with Crippen LogP contribution in [0, 0.1) is 0 Å². The van der Waals surface area contributed by atoms with Crippen molar-refractivity contribution in [1.82, 2.24) is 0 Å². The van der Waals surface area contributed by atoms with Crippen molar-refractivity contribution in [2.24, 2.45) is 0 Å². The molecule has 0 amide bonds. The summed E-state index contributed by atoms with van der Waals surface area (Å²) in [5, 5.41) is -0.223. The maximum Gasteiger partial charge on any atom is 0.221 e. The van der Waals surface area contributed by atoms with Crippen LogP contribution in [0.15, 0.2) is 36.5 Å². The van der Waals surface area contributed by atoms with Gasteiger partial charge < -0.3 is 0 Å². The van der Waals surface area contributed by atoms with Gasteiger partial charge in [0, 0.05) is 6.42 Å². The van der Waals surface area contributed by atoms with Crippen molar-refractivity contribution >= 4 is 16.8 Å². The van der Waals surface area contributed by atoms with E-state index in [4.69, 9.17) is 11.6 Å². The van der Waals surface area contributed by atoms with Crippen molar-refractivity contribution in [2.75, 3.05) is 0 Å². The summed E-state index contributed by atoms with van der Waals surface area (Å²) in [4.78, 5) is 10.5. The number of unbranched alkanes of at least 4 members (excludes halogenated alkanes) is 5. The number of allylic oxidation sites excluding steroid dienone is 6. The molecule has 2 heteroatoms.